The minimum Gasteiger partial charge on any atom is -0.482 e. The molecule has 0 aromatic heterocycles. The van der Waals surface area contributed by atoms with Gasteiger partial charge in [-0.25, -0.2) is 13.2 Å². The molecule has 0 amide bonds. The van der Waals surface area contributed by atoms with E-state index in [9.17, 15) is 23.1 Å². The Labute approximate surface area is 199 Å². The Kier molecular flexibility index (Phi) is 6.45. The highest BCUT2D eigenvalue weighted by Gasteiger charge is 2.64. The topological polar surface area (TPSA) is 130 Å². The van der Waals surface area contributed by atoms with E-state index in [0.717, 1.165) is 22.2 Å². The number of rotatable bonds is 9. The van der Waals surface area contributed by atoms with Crippen molar-refractivity contribution in [1.82, 2.24) is 4.72 Å². The Morgan fingerprint density at radius 1 is 1.15 bits per heavy atom. The van der Waals surface area contributed by atoms with Crippen molar-refractivity contribution in [2.24, 2.45) is 0 Å². The number of halogens is 1. The second-order valence-corrected chi connectivity index (χ2v) is 11.6. The second-order valence-electron chi connectivity index (χ2n) is 7.76. The van der Waals surface area contributed by atoms with Crippen molar-refractivity contribution in [3.8, 4) is 5.75 Å². The lowest BCUT2D eigenvalue weighted by atomic mass is 10.1. The zero-order chi connectivity index (χ0) is 23.8. The first-order valence-corrected chi connectivity index (χ1v) is 12.8. The number of ether oxygens (including phenoxy) is 1. The number of aliphatic carboxylic acids is 2. The largest absolute Gasteiger partial charge is 0.482 e. The maximum atomic E-state index is 13.1. The van der Waals surface area contributed by atoms with Crippen LogP contribution in [-0.2, 0) is 19.6 Å². The Bertz CT molecular complexity index is 1230. The third kappa shape index (κ3) is 4.89. The van der Waals surface area contributed by atoms with Crippen LogP contribution < -0.4 is 9.46 Å². The van der Waals surface area contributed by atoms with E-state index in [2.05, 4.69) is 4.72 Å². The van der Waals surface area contributed by atoms with Crippen LogP contribution in [0.4, 0.5) is 0 Å². The molecule has 174 valence electrons. The molecule has 0 radical (unpaired) electrons. The number of hydrogen-bond acceptors (Lipinski definition) is 6. The number of allylic oxidation sites excluding steroid dienone is 1. The van der Waals surface area contributed by atoms with Crippen LogP contribution in [0.3, 0.4) is 0 Å². The average molecular weight is 510 g/mol. The van der Waals surface area contributed by atoms with Gasteiger partial charge in [0.05, 0.1) is 0 Å². The smallest absolute Gasteiger partial charge is 0.341 e. The molecule has 0 saturated heterocycles. The molecule has 2 aromatic rings. The van der Waals surface area contributed by atoms with Crippen molar-refractivity contribution in [3.63, 3.8) is 0 Å². The Balaban J connectivity index is 1.51. The Morgan fingerprint density at radius 2 is 1.85 bits per heavy atom. The van der Waals surface area contributed by atoms with Crippen molar-refractivity contribution >= 4 is 50.2 Å². The summed E-state index contributed by atoms with van der Waals surface area (Å²) in [6, 6.07) is 13.5. The van der Waals surface area contributed by atoms with Crippen LogP contribution in [0.25, 0.3) is 4.91 Å². The zero-order valence-corrected chi connectivity index (χ0v) is 19.5. The standard InChI is InChI=1S/C22H20ClNO7S2/c23-14-7-5-13(6-8-14)18-9-10-20(32-18)33(29,30)24-22(21(27)28)11-16(22)15-3-1-2-4-17(15)31-12-19(25)26/h1-9,16,20,24H,10-12H2,(H,25,26)(H,27,28). The number of hydrogen-bond donors (Lipinski definition) is 3. The average Bonchev–Trinajstić information content (AvgIpc) is 3.25. The molecule has 4 rings (SSSR count). The third-order valence-corrected chi connectivity index (χ3v) is 9.49. The summed E-state index contributed by atoms with van der Waals surface area (Å²) >= 11 is 7.07. The van der Waals surface area contributed by atoms with E-state index in [0.29, 0.717) is 10.6 Å². The zero-order valence-electron chi connectivity index (χ0n) is 17.1. The molecule has 3 atom stereocenters. The predicted octanol–water partition coefficient (Wildman–Crippen LogP) is 3.54. The van der Waals surface area contributed by atoms with E-state index in [4.69, 9.17) is 21.4 Å². The number of sulfonamides is 1. The number of carbonyl (C=O) groups is 2. The normalized spacial score (nSPS) is 24.2. The first-order valence-electron chi connectivity index (χ1n) is 9.95. The summed E-state index contributed by atoms with van der Waals surface area (Å²) in [7, 11) is -4.01. The van der Waals surface area contributed by atoms with Gasteiger partial charge < -0.3 is 14.9 Å². The van der Waals surface area contributed by atoms with Gasteiger partial charge in [-0.05, 0) is 42.2 Å². The van der Waals surface area contributed by atoms with Gasteiger partial charge in [-0.3, -0.25) is 4.79 Å². The third-order valence-electron chi connectivity index (χ3n) is 5.54. The molecule has 1 heterocycles. The summed E-state index contributed by atoms with van der Waals surface area (Å²) in [6.45, 7) is -0.590. The molecule has 1 fully saturated rings. The fraction of sp³-hybridized carbons (Fsp3) is 0.273. The lowest BCUT2D eigenvalue weighted by molar-refractivity contribution is -0.141. The molecule has 33 heavy (non-hydrogen) atoms. The van der Waals surface area contributed by atoms with Crippen LogP contribution in [0.5, 0.6) is 5.75 Å². The van der Waals surface area contributed by atoms with Gasteiger partial charge in [0.15, 0.2) is 6.61 Å². The minimum absolute atomic E-state index is 0.0316. The highest BCUT2D eigenvalue weighted by molar-refractivity contribution is 8.18. The maximum Gasteiger partial charge on any atom is 0.341 e. The van der Waals surface area contributed by atoms with E-state index in [1.165, 1.54) is 6.07 Å². The lowest BCUT2D eigenvalue weighted by Crippen LogP contribution is -2.47. The summed E-state index contributed by atoms with van der Waals surface area (Å²) in [5.41, 5.74) is -0.433. The highest BCUT2D eigenvalue weighted by Crippen LogP contribution is 2.55. The molecular formula is C22H20ClNO7S2. The van der Waals surface area contributed by atoms with Gasteiger partial charge in [-0.1, -0.05) is 48.0 Å². The second kappa shape index (κ2) is 9.02. The van der Waals surface area contributed by atoms with Crippen LogP contribution >= 0.6 is 23.4 Å². The van der Waals surface area contributed by atoms with E-state index >= 15 is 0 Å². The van der Waals surface area contributed by atoms with Crippen molar-refractivity contribution in [1.29, 1.82) is 0 Å². The fourth-order valence-electron chi connectivity index (χ4n) is 3.82. The van der Waals surface area contributed by atoms with Crippen LogP contribution in [0.1, 0.15) is 29.9 Å². The van der Waals surface area contributed by atoms with Gasteiger partial charge in [0.25, 0.3) is 0 Å². The quantitative estimate of drug-likeness (QED) is 0.468. The molecule has 3 unspecified atom stereocenters. The predicted molar refractivity (Wildman–Crippen MR) is 125 cm³/mol. The van der Waals surface area contributed by atoms with Crippen LogP contribution in [-0.4, -0.2) is 47.3 Å². The summed E-state index contributed by atoms with van der Waals surface area (Å²) in [5.74, 6) is -2.94. The van der Waals surface area contributed by atoms with Crippen LogP contribution in [0.2, 0.25) is 5.02 Å². The van der Waals surface area contributed by atoms with E-state index in [1.54, 1.807) is 42.5 Å². The van der Waals surface area contributed by atoms with Gasteiger partial charge in [0, 0.05) is 15.8 Å². The molecule has 8 nitrogen and oxygen atoms in total. The summed E-state index contributed by atoms with van der Waals surface area (Å²) < 4.78 is 33.1. The number of nitrogens with one attached hydrogen (secondary N) is 1. The first-order chi connectivity index (χ1) is 15.6. The van der Waals surface area contributed by atoms with E-state index in [1.807, 2.05) is 6.08 Å². The van der Waals surface area contributed by atoms with Gasteiger partial charge in [-0.2, -0.15) is 4.72 Å². The molecular weight excluding hydrogens is 490 g/mol. The van der Waals surface area contributed by atoms with Crippen molar-refractivity contribution in [2.45, 2.75) is 28.9 Å². The Hall–Kier alpha value is -2.53. The minimum atomic E-state index is -4.01. The lowest BCUT2D eigenvalue weighted by Gasteiger charge is -2.20. The molecule has 2 aliphatic rings. The summed E-state index contributed by atoms with van der Waals surface area (Å²) in [6.07, 6.45) is 2.07. The number of carboxylic acid groups (broad SMARTS) is 2. The molecule has 0 spiro atoms. The highest BCUT2D eigenvalue weighted by atomic mass is 35.5. The summed E-state index contributed by atoms with van der Waals surface area (Å²) in [5, 5.41) is 19.4. The Morgan fingerprint density at radius 3 is 2.52 bits per heavy atom. The molecule has 0 bridgehead atoms. The first kappa shape index (κ1) is 23.6. The molecule has 1 aliphatic heterocycles. The number of para-hydroxylation sites is 1. The molecule has 3 N–H and O–H groups in total. The van der Waals surface area contributed by atoms with Crippen molar-refractivity contribution < 1.29 is 33.0 Å². The van der Waals surface area contributed by atoms with Crippen molar-refractivity contribution in [2.75, 3.05) is 6.61 Å². The van der Waals surface area contributed by atoms with E-state index < -0.39 is 44.6 Å². The monoisotopic (exact) mass is 509 g/mol. The number of benzene rings is 2. The van der Waals surface area contributed by atoms with E-state index in [-0.39, 0.29) is 18.6 Å². The molecule has 11 heteroatoms. The number of carboxylic acids is 2. The number of thioether (sulfide) groups is 1. The van der Waals surface area contributed by atoms with Gasteiger partial charge in [-0.15, -0.1) is 11.8 Å². The molecule has 1 aliphatic carbocycles. The molecule has 2 aromatic carbocycles. The maximum absolute atomic E-state index is 13.1. The van der Waals surface area contributed by atoms with Gasteiger partial charge in [0.1, 0.15) is 15.9 Å². The SMILES string of the molecule is O=C(O)COc1ccccc1C1CC1(NS(=O)(=O)C1CC=C(c2ccc(Cl)cc2)S1)C(=O)O. The van der Waals surface area contributed by atoms with Crippen molar-refractivity contribution in [3.05, 3.63) is 70.8 Å². The van der Waals surface area contributed by atoms with Crippen LogP contribution in [0, 0.1) is 0 Å². The molecule has 1 saturated carbocycles. The van der Waals surface area contributed by atoms with Crippen LogP contribution in [0.15, 0.2) is 54.6 Å². The fourth-order valence-corrected chi connectivity index (χ4v) is 7.15. The summed E-state index contributed by atoms with van der Waals surface area (Å²) in [4.78, 5) is 23.8. The van der Waals surface area contributed by atoms with Gasteiger partial charge >= 0.3 is 11.9 Å². The van der Waals surface area contributed by atoms with Gasteiger partial charge in [0.2, 0.25) is 10.0 Å².